The average molecular weight is 439 g/mol. The van der Waals surface area contributed by atoms with Crippen LogP contribution in [0.4, 0.5) is 26.1 Å². The normalized spacial score (nSPS) is 18.9. The summed E-state index contributed by atoms with van der Waals surface area (Å²) in [6, 6.07) is 2.46. The number of H-pyrrole nitrogens is 2. The van der Waals surface area contributed by atoms with Crippen molar-refractivity contribution in [3.63, 3.8) is 0 Å². The zero-order chi connectivity index (χ0) is 22.4. The zero-order valence-corrected chi connectivity index (χ0v) is 17.4. The summed E-state index contributed by atoms with van der Waals surface area (Å²) in [4.78, 5) is 20.0. The quantitative estimate of drug-likeness (QED) is 0.329. The van der Waals surface area contributed by atoms with Crippen molar-refractivity contribution >= 4 is 39.0 Å². The minimum absolute atomic E-state index is 0.00307. The van der Waals surface area contributed by atoms with E-state index in [0.717, 1.165) is 31.2 Å². The van der Waals surface area contributed by atoms with Gasteiger partial charge in [0, 0.05) is 23.7 Å². The van der Waals surface area contributed by atoms with Gasteiger partial charge in [0.25, 0.3) is 5.56 Å². The Hall–Kier alpha value is -3.53. The molecule has 3 aromatic heterocycles. The molecule has 3 heterocycles. The largest absolute Gasteiger partial charge is 0.363 e. The Morgan fingerprint density at radius 2 is 1.97 bits per heavy atom. The topological polar surface area (TPSA) is 125 Å². The predicted molar refractivity (Wildman–Crippen MR) is 120 cm³/mol. The molecular weight excluding hydrogens is 416 g/mol. The van der Waals surface area contributed by atoms with Crippen LogP contribution in [-0.2, 0) is 0 Å². The van der Waals surface area contributed by atoms with Crippen LogP contribution < -0.4 is 21.9 Å². The molecule has 4 aromatic rings. The molecule has 32 heavy (non-hydrogen) atoms. The fourth-order valence-electron chi connectivity index (χ4n) is 4.40. The van der Waals surface area contributed by atoms with Crippen molar-refractivity contribution in [1.82, 2.24) is 20.2 Å². The van der Waals surface area contributed by atoms with Crippen molar-refractivity contribution in [2.75, 3.05) is 10.6 Å². The predicted octanol–water partition coefficient (Wildman–Crippen LogP) is 3.81. The van der Waals surface area contributed by atoms with Crippen LogP contribution in [0.15, 0.2) is 29.3 Å². The molecule has 8 nitrogen and oxygen atoms in total. The highest BCUT2D eigenvalue weighted by Gasteiger charge is 2.25. The summed E-state index contributed by atoms with van der Waals surface area (Å²) in [5.74, 6) is -1.06. The maximum atomic E-state index is 15.3. The number of nitrogens with zero attached hydrogens (tertiary/aromatic N) is 2. The highest BCUT2D eigenvalue weighted by atomic mass is 19.1. The average Bonchev–Trinajstić information content (AvgIpc) is 3.13. The van der Waals surface area contributed by atoms with Gasteiger partial charge >= 0.3 is 0 Å². The number of rotatable bonds is 4. The molecule has 1 aromatic carbocycles. The van der Waals surface area contributed by atoms with E-state index in [1.165, 1.54) is 18.3 Å². The number of pyridine rings is 1. The molecule has 0 aliphatic heterocycles. The van der Waals surface area contributed by atoms with Crippen molar-refractivity contribution in [2.24, 2.45) is 5.73 Å². The van der Waals surface area contributed by atoms with E-state index < -0.39 is 17.2 Å². The SMILES string of the molecule is Cc1c[nH]c2c(Nc3nc(NC4CCCCC4N)c(F)c4cn[nH]c(=O)c34)cc(F)cc12. The third-order valence-electron chi connectivity index (χ3n) is 6.12. The second-order valence-electron chi connectivity index (χ2n) is 8.28. The first kappa shape index (κ1) is 20.4. The van der Waals surface area contributed by atoms with E-state index in [9.17, 15) is 9.18 Å². The number of halogens is 2. The third-order valence-corrected chi connectivity index (χ3v) is 6.12. The van der Waals surface area contributed by atoms with Gasteiger partial charge in [-0.15, -0.1) is 0 Å². The second kappa shape index (κ2) is 7.86. The van der Waals surface area contributed by atoms with Crippen molar-refractivity contribution in [3.05, 3.63) is 52.1 Å². The van der Waals surface area contributed by atoms with Gasteiger partial charge in [-0.1, -0.05) is 12.8 Å². The minimum atomic E-state index is -0.679. The number of aryl methyl sites for hydroxylation is 1. The van der Waals surface area contributed by atoms with E-state index >= 15 is 4.39 Å². The molecule has 0 spiro atoms. The minimum Gasteiger partial charge on any atom is -0.363 e. The van der Waals surface area contributed by atoms with E-state index in [4.69, 9.17) is 5.73 Å². The number of aromatic nitrogens is 4. The van der Waals surface area contributed by atoms with Gasteiger partial charge in [-0.05, 0) is 37.5 Å². The van der Waals surface area contributed by atoms with Crippen LogP contribution in [0.3, 0.4) is 0 Å². The molecule has 0 bridgehead atoms. The molecule has 0 saturated heterocycles. The van der Waals surface area contributed by atoms with Crippen molar-refractivity contribution in [1.29, 1.82) is 0 Å². The van der Waals surface area contributed by atoms with Crippen LogP contribution in [0.25, 0.3) is 21.7 Å². The van der Waals surface area contributed by atoms with Crippen molar-refractivity contribution < 1.29 is 8.78 Å². The van der Waals surface area contributed by atoms with Gasteiger partial charge in [-0.3, -0.25) is 4.79 Å². The summed E-state index contributed by atoms with van der Waals surface area (Å²) in [6.07, 6.45) is 6.66. The molecule has 1 fully saturated rings. The maximum absolute atomic E-state index is 15.3. The lowest BCUT2D eigenvalue weighted by molar-refractivity contribution is 0.402. The molecule has 2 atom stereocenters. The molecule has 1 aliphatic carbocycles. The molecule has 0 amide bonds. The molecule has 1 aliphatic rings. The van der Waals surface area contributed by atoms with Crippen molar-refractivity contribution in [3.8, 4) is 0 Å². The first-order chi connectivity index (χ1) is 15.4. The number of anilines is 3. The van der Waals surface area contributed by atoms with E-state index in [2.05, 4.69) is 30.8 Å². The number of hydrogen-bond acceptors (Lipinski definition) is 6. The summed E-state index contributed by atoms with van der Waals surface area (Å²) in [6.45, 7) is 1.86. The van der Waals surface area contributed by atoms with Gasteiger partial charge in [-0.2, -0.15) is 5.10 Å². The van der Waals surface area contributed by atoms with Gasteiger partial charge in [0.2, 0.25) is 0 Å². The van der Waals surface area contributed by atoms with Gasteiger partial charge in [0.05, 0.1) is 28.2 Å². The number of nitrogens with one attached hydrogen (secondary N) is 4. The molecule has 10 heteroatoms. The Kier molecular flexibility index (Phi) is 5.01. The maximum Gasteiger partial charge on any atom is 0.275 e. The Balaban J connectivity index is 1.65. The first-order valence-corrected chi connectivity index (χ1v) is 10.6. The van der Waals surface area contributed by atoms with Gasteiger partial charge < -0.3 is 21.4 Å². The van der Waals surface area contributed by atoms with Crippen LogP contribution in [-0.4, -0.2) is 32.2 Å². The van der Waals surface area contributed by atoms with E-state index in [0.29, 0.717) is 16.6 Å². The Labute approximate surface area is 181 Å². The lowest BCUT2D eigenvalue weighted by Gasteiger charge is -2.30. The molecule has 166 valence electrons. The molecule has 5 rings (SSSR count). The smallest absolute Gasteiger partial charge is 0.275 e. The van der Waals surface area contributed by atoms with Gasteiger partial charge in [0.1, 0.15) is 11.6 Å². The standard InChI is InChI=1S/C22H23F2N7O/c1-10-8-26-19-12(10)6-11(23)7-16(19)29-20-17-13(9-27-31-22(17)32)18(24)21(30-20)28-15-5-3-2-4-14(15)25/h6-9,14-15,26H,2-5,25H2,1H3,(H,31,32)(H2,28,29,30). The fraction of sp³-hybridized carbons (Fsp3) is 0.318. The molecule has 0 radical (unpaired) electrons. The highest BCUT2D eigenvalue weighted by molar-refractivity contribution is 5.99. The highest BCUT2D eigenvalue weighted by Crippen LogP contribution is 2.33. The van der Waals surface area contributed by atoms with Gasteiger partial charge in [-0.25, -0.2) is 18.9 Å². The van der Waals surface area contributed by atoms with Crippen molar-refractivity contribution in [2.45, 2.75) is 44.7 Å². The van der Waals surface area contributed by atoms with Crippen LogP contribution >= 0.6 is 0 Å². The summed E-state index contributed by atoms with van der Waals surface area (Å²) >= 11 is 0. The number of hydrogen-bond donors (Lipinski definition) is 5. The molecule has 2 unspecified atom stereocenters. The zero-order valence-electron chi connectivity index (χ0n) is 17.4. The third kappa shape index (κ3) is 3.46. The lowest BCUT2D eigenvalue weighted by atomic mass is 9.91. The fourth-order valence-corrected chi connectivity index (χ4v) is 4.40. The summed E-state index contributed by atoms with van der Waals surface area (Å²) in [5, 5.41) is 12.9. The summed E-state index contributed by atoms with van der Waals surface area (Å²) in [5.41, 5.74) is 7.51. The lowest BCUT2D eigenvalue weighted by Crippen LogP contribution is -2.43. The second-order valence-corrected chi connectivity index (χ2v) is 8.28. The van der Waals surface area contributed by atoms with E-state index in [1.807, 2.05) is 6.92 Å². The molecule has 1 saturated carbocycles. The Morgan fingerprint density at radius 1 is 1.16 bits per heavy atom. The number of fused-ring (bicyclic) bond motifs is 2. The van der Waals surface area contributed by atoms with Crippen LogP contribution in [0.2, 0.25) is 0 Å². The Morgan fingerprint density at radius 3 is 2.78 bits per heavy atom. The van der Waals surface area contributed by atoms with Crippen LogP contribution in [0.5, 0.6) is 0 Å². The van der Waals surface area contributed by atoms with E-state index in [1.54, 1.807) is 6.20 Å². The number of nitrogens with two attached hydrogens (primary N) is 1. The molecule has 6 N–H and O–H groups in total. The Bertz CT molecular complexity index is 1380. The summed E-state index contributed by atoms with van der Waals surface area (Å²) in [7, 11) is 0. The first-order valence-electron chi connectivity index (χ1n) is 10.6. The van der Waals surface area contributed by atoms with E-state index in [-0.39, 0.29) is 34.5 Å². The number of benzene rings is 1. The molecular formula is C22H23F2N7O. The number of aromatic amines is 2. The van der Waals surface area contributed by atoms with Crippen LogP contribution in [0, 0.1) is 18.6 Å². The monoisotopic (exact) mass is 439 g/mol. The van der Waals surface area contributed by atoms with Gasteiger partial charge in [0.15, 0.2) is 11.6 Å². The van der Waals surface area contributed by atoms with Crippen LogP contribution in [0.1, 0.15) is 31.2 Å². The summed E-state index contributed by atoms with van der Waals surface area (Å²) < 4.78 is 29.6.